The molecule has 0 saturated carbocycles. The lowest BCUT2D eigenvalue weighted by Gasteiger charge is -1.79. The highest BCUT2D eigenvalue weighted by molar-refractivity contribution is 5.10. The Morgan fingerprint density at radius 3 is 2.40 bits per heavy atom. The second kappa shape index (κ2) is 8.02. The second-order valence-corrected chi connectivity index (χ2v) is 1.99. The van der Waals surface area contributed by atoms with Crippen molar-refractivity contribution in [3.63, 3.8) is 0 Å². The monoisotopic (exact) mass is 137 g/mol. The first kappa shape index (κ1) is 9.02. The highest BCUT2D eigenvalue weighted by Crippen LogP contribution is 1.88. The van der Waals surface area contributed by atoms with Crippen molar-refractivity contribution in [1.82, 2.24) is 0 Å². The van der Waals surface area contributed by atoms with Gasteiger partial charge in [-0.05, 0) is 18.7 Å². The summed E-state index contributed by atoms with van der Waals surface area (Å²) in [5.74, 6) is 0. The molecule has 0 aliphatic rings. The molecule has 0 aromatic rings. The second-order valence-electron chi connectivity index (χ2n) is 1.99. The molecule has 10 heavy (non-hydrogen) atoms. The Bertz CT molecular complexity index is 132. The summed E-state index contributed by atoms with van der Waals surface area (Å²) in [5, 5.41) is 0. The number of unbranched alkanes of at least 4 members (excludes halogenated alkanes) is 1. The maximum Gasteiger partial charge on any atom is -0.00624 e. The van der Waals surface area contributed by atoms with E-state index in [0.29, 0.717) is 0 Å². The summed E-state index contributed by atoms with van der Waals surface area (Å²) >= 11 is 0. The third-order valence-corrected chi connectivity index (χ3v) is 1.04. The Labute approximate surface area is 62.9 Å². The van der Waals surface area contributed by atoms with Crippen molar-refractivity contribution in [3.05, 3.63) is 36.6 Å². The molecule has 2 N–H and O–H groups in total. The third kappa shape index (κ3) is 7.02. The molecule has 56 valence electrons. The molecule has 0 aliphatic heterocycles. The molecular formula is C9H15N. The first-order valence-corrected chi connectivity index (χ1v) is 3.62. The minimum atomic E-state index is 1.15. The molecule has 0 rings (SSSR count). The average molecular weight is 137 g/mol. The normalized spacial score (nSPS) is 12.5. The van der Waals surface area contributed by atoms with Gasteiger partial charge >= 0.3 is 0 Å². The van der Waals surface area contributed by atoms with Crippen molar-refractivity contribution >= 4 is 0 Å². The van der Waals surface area contributed by atoms with E-state index in [9.17, 15) is 0 Å². The van der Waals surface area contributed by atoms with Gasteiger partial charge in [0, 0.05) is 0 Å². The standard InChI is InChI=1S/C9H15N/c1-2-3-4-5-6-7-8-9-10/h4-9H,2-3,10H2,1H3. The summed E-state index contributed by atoms with van der Waals surface area (Å²) in [6.07, 6.45) is 13.7. The Morgan fingerprint density at radius 2 is 1.80 bits per heavy atom. The Hall–Kier alpha value is -0.980. The van der Waals surface area contributed by atoms with Gasteiger partial charge in [-0.15, -0.1) is 0 Å². The van der Waals surface area contributed by atoms with Crippen LogP contribution in [0.15, 0.2) is 36.6 Å². The van der Waals surface area contributed by atoms with Gasteiger partial charge in [0.15, 0.2) is 0 Å². The minimum Gasteiger partial charge on any atom is -0.405 e. The minimum absolute atomic E-state index is 1.15. The molecule has 0 atom stereocenters. The smallest absolute Gasteiger partial charge is 0.00624 e. The van der Waals surface area contributed by atoms with Crippen molar-refractivity contribution in [2.75, 3.05) is 0 Å². The molecular weight excluding hydrogens is 122 g/mol. The summed E-state index contributed by atoms with van der Waals surface area (Å²) in [7, 11) is 0. The van der Waals surface area contributed by atoms with Gasteiger partial charge in [-0.1, -0.05) is 37.6 Å². The Balaban J connectivity index is 3.32. The van der Waals surface area contributed by atoms with Gasteiger partial charge in [0.05, 0.1) is 0 Å². The number of rotatable bonds is 4. The highest BCUT2D eigenvalue weighted by atomic mass is 14.5. The Morgan fingerprint density at radius 1 is 1.10 bits per heavy atom. The van der Waals surface area contributed by atoms with Crippen LogP contribution in [-0.4, -0.2) is 0 Å². The van der Waals surface area contributed by atoms with E-state index < -0.39 is 0 Å². The quantitative estimate of drug-likeness (QED) is 0.591. The van der Waals surface area contributed by atoms with Crippen molar-refractivity contribution < 1.29 is 0 Å². The van der Waals surface area contributed by atoms with Gasteiger partial charge in [0.25, 0.3) is 0 Å². The van der Waals surface area contributed by atoms with E-state index in [0.717, 1.165) is 6.42 Å². The van der Waals surface area contributed by atoms with E-state index in [4.69, 9.17) is 5.73 Å². The number of nitrogens with two attached hydrogens (primary N) is 1. The van der Waals surface area contributed by atoms with E-state index in [1.54, 1.807) is 6.08 Å². The van der Waals surface area contributed by atoms with Crippen molar-refractivity contribution in [3.8, 4) is 0 Å². The van der Waals surface area contributed by atoms with Gasteiger partial charge in [-0.3, -0.25) is 0 Å². The molecule has 0 radical (unpaired) electrons. The lowest BCUT2D eigenvalue weighted by atomic mass is 10.3. The molecule has 1 nitrogen and oxygen atoms in total. The van der Waals surface area contributed by atoms with E-state index in [2.05, 4.69) is 13.0 Å². The molecule has 0 aromatic heterocycles. The summed E-state index contributed by atoms with van der Waals surface area (Å²) < 4.78 is 0. The van der Waals surface area contributed by atoms with Crippen LogP contribution in [0.1, 0.15) is 19.8 Å². The van der Waals surface area contributed by atoms with E-state index in [-0.39, 0.29) is 0 Å². The van der Waals surface area contributed by atoms with Crippen molar-refractivity contribution in [1.29, 1.82) is 0 Å². The molecule has 0 spiro atoms. The number of allylic oxidation sites excluding steroid dienone is 5. The fourth-order valence-electron chi connectivity index (χ4n) is 0.534. The van der Waals surface area contributed by atoms with Crippen LogP contribution in [0.2, 0.25) is 0 Å². The van der Waals surface area contributed by atoms with Crippen LogP contribution in [0, 0.1) is 0 Å². The molecule has 0 saturated heterocycles. The van der Waals surface area contributed by atoms with Crippen LogP contribution in [0.4, 0.5) is 0 Å². The third-order valence-electron chi connectivity index (χ3n) is 1.04. The average Bonchev–Trinajstić information content (AvgIpc) is 1.97. The van der Waals surface area contributed by atoms with E-state index in [1.165, 1.54) is 12.6 Å². The lowest BCUT2D eigenvalue weighted by molar-refractivity contribution is 0.959. The Kier molecular flexibility index (Phi) is 7.23. The highest BCUT2D eigenvalue weighted by Gasteiger charge is 1.67. The van der Waals surface area contributed by atoms with Crippen LogP contribution >= 0.6 is 0 Å². The molecule has 0 amide bonds. The van der Waals surface area contributed by atoms with Crippen LogP contribution in [0.25, 0.3) is 0 Å². The van der Waals surface area contributed by atoms with Gasteiger partial charge in [0.1, 0.15) is 0 Å². The lowest BCUT2D eigenvalue weighted by Crippen LogP contribution is -1.71. The molecule has 0 aliphatic carbocycles. The maximum atomic E-state index is 5.11. The zero-order chi connectivity index (χ0) is 7.66. The van der Waals surface area contributed by atoms with E-state index >= 15 is 0 Å². The van der Waals surface area contributed by atoms with E-state index in [1.807, 2.05) is 18.2 Å². The fraction of sp³-hybridized carbons (Fsp3) is 0.333. The molecule has 0 heterocycles. The predicted molar refractivity (Wildman–Crippen MR) is 46.5 cm³/mol. The molecule has 0 unspecified atom stereocenters. The van der Waals surface area contributed by atoms with Crippen LogP contribution in [0.3, 0.4) is 0 Å². The molecule has 0 bridgehead atoms. The van der Waals surface area contributed by atoms with Gasteiger partial charge in [-0.2, -0.15) is 0 Å². The SMILES string of the molecule is CCCC=CC=CC=CN. The maximum absolute atomic E-state index is 5.11. The molecule has 0 fully saturated rings. The van der Waals surface area contributed by atoms with Gasteiger partial charge < -0.3 is 5.73 Å². The van der Waals surface area contributed by atoms with Crippen LogP contribution in [0.5, 0.6) is 0 Å². The fourth-order valence-corrected chi connectivity index (χ4v) is 0.534. The largest absolute Gasteiger partial charge is 0.405 e. The van der Waals surface area contributed by atoms with Gasteiger partial charge in [0.2, 0.25) is 0 Å². The predicted octanol–water partition coefficient (Wildman–Crippen LogP) is 2.37. The number of hydrogen-bond donors (Lipinski definition) is 1. The zero-order valence-electron chi connectivity index (χ0n) is 6.46. The summed E-state index contributed by atoms with van der Waals surface area (Å²) in [6, 6.07) is 0. The van der Waals surface area contributed by atoms with Crippen LogP contribution in [-0.2, 0) is 0 Å². The summed E-state index contributed by atoms with van der Waals surface area (Å²) in [5.41, 5.74) is 5.11. The van der Waals surface area contributed by atoms with Crippen molar-refractivity contribution in [2.24, 2.45) is 5.73 Å². The molecule has 0 aromatic carbocycles. The van der Waals surface area contributed by atoms with Crippen LogP contribution < -0.4 is 5.73 Å². The molecule has 1 heteroatoms. The summed E-state index contributed by atoms with van der Waals surface area (Å²) in [4.78, 5) is 0. The zero-order valence-corrected chi connectivity index (χ0v) is 6.46. The number of hydrogen-bond acceptors (Lipinski definition) is 1. The summed E-state index contributed by atoms with van der Waals surface area (Å²) in [6.45, 7) is 2.16. The van der Waals surface area contributed by atoms with Gasteiger partial charge in [-0.25, -0.2) is 0 Å². The topological polar surface area (TPSA) is 26.0 Å². The first-order valence-electron chi connectivity index (χ1n) is 3.62. The van der Waals surface area contributed by atoms with Crippen molar-refractivity contribution in [2.45, 2.75) is 19.8 Å². The first-order chi connectivity index (χ1) is 4.91.